The highest BCUT2D eigenvalue weighted by Gasteiger charge is 2.32. The van der Waals surface area contributed by atoms with Crippen LogP contribution in [0.5, 0.6) is 11.5 Å². The molecular weight excluding hydrogens is 356 g/mol. The van der Waals surface area contributed by atoms with Gasteiger partial charge < -0.3 is 29.6 Å². The molecule has 8 heteroatoms. The van der Waals surface area contributed by atoms with E-state index in [0.717, 1.165) is 5.56 Å². The fourth-order valence-electron chi connectivity index (χ4n) is 2.67. The van der Waals surface area contributed by atoms with E-state index in [1.54, 1.807) is 33.3 Å². The van der Waals surface area contributed by atoms with Gasteiger partial charge in [0.25, 0.3) is 0 Å². The van der Waals surface area contributed by atoms with Crippen LogP contribution in [0.2, 0.25) is 0 Å². The van der Waals surface area contributed by atoms with E-state index in [9.17, 15) is 4.79 Å². The molecule has 0 unspecified atom stereocenters. The third-order valence-corrected chi connectivity index (χ3v) is 4.13. The Labute approximate surface area is 158 Å². The summed E-state index contributed by atoms with van der Waals surface area (Å²) in [6, 6.07) is 4.90. The molecule has 1 aliphatic heterocycles. The highest BCUT2D eigenvalue weighted by atomic mass is 32.1. The van der Waals surface area contributed by atoms with Crippen molar-refractivity contribution < 1.29 is 23.7 Å². The normalized spacial score (nSPS) is 16.6. The first-order valence-corrected chi connectivity index (χ1v) is 8.67. The van der Waals surface area contributed by atoms with Gasteiger partial charge in [0, 0.05) is 23.9 Å². The lowest BCUT2D eigenvalue weighted by Gasteiger charge is -2.30. The molecule has 0 fully saturated rings. The van der Waals surface area contributed by atoms with Gasteiger partial charge in [-0.05, 0) is 38.2 Å². The van der Waals surface area contributed by atoms with Gasteiger partial charge in [-0.25, -0.2) is 4.79 Å². The van der Waals surface area contributed by atoms with E-state index < -0.39 is 12.0 Å². The molecule has 1 aliphatic rings. The summed E-state index contributed by atoms with van der Waals surface area (Å²) in [6.07, 6.45) is 0. The molecule has 0 bridgehead atoms. The monoisotopic (exact) mass is 380 g/mol. The highest BCUT2D eigenvalue weighted by molar-refractivity contribution is 7.80. The number of methoxy groups -OCH3 is 2. The maximum atomic E-state index is 12.7. The lowest BCUT2D eigenvalue weighted by atomic mass is 9.94. The van der Waals surface area contributed by atoms with Crippen LogP contribution < -0.4 is 20.1 Å². The Kier molecular flexibility index (Phi) is 7.23. The number of carbonyl (C=O) groups is 1. The number of allylic oxidation sites excluding steroid dienone is 1. The molecule has 1 atom stereocenters. The summed E-state index contributed by atoms with van der Waals surface area (Å²) in [5.74, 6) is 0.801. The van der Waals surface area contributed by atoms with Crippen LogP contribution in [0.1, 0.15) is 25.5 Å². The molecule has 0 aliphatic carbocycles. The topological polar surface area (TPSA) is 78.1 Å². The maximum absolute atomic E-state index is 12.7. The van der Waals surface area contributed by atoms with Crippen molar-refractivity contribution >= 4 is 23.3 Å². The summed E-state index contributed by atoms with van der Waals surface area (Å²) in [4.78, 5) is 12.7. The molecule has 1 aromatic carbocycles. The molecule has 0 radical (unpaired) electrons. The molecule has 7 nitrogen and oxygen atoms in total. The molecule has 1 heterocycles. The van der Waals surface area contributed by atoms with Gasteiger partial charge in [0.1, 0.15) is 18.1 Å². The summed E-state index contributed by atoms with van der Waals surface area (Å²) in [7, 11) is 3.14. The van der Waals surface area contributed by atoms with Gasteiger partial charge in [-0.3, -0.25) is 0 Å². The number of esters is 1. The second-order valence-corrected chi connectivity index (χ2v) is 5.92. The lowest BCUT2D eigenvalue weighted by Crippen LogP contribution is -2.45. The third-order valence-electron chi connectivity index (χ3n) is 3.91. The molecule has 2 rings (SSSR count). The van der Waals surface area contributed by atoms with Gasteiger partial charge in [0.15, 0.2) is 5.11 Å². The lowest BCUT2D eigenvalue weighted by molar-refractivity contribution is -0.141. The number of hydrogen-bond donors (Lipinski definition) is 2. The number of benzene rings is 1. The van der Waals surface area contributed by atoms with Crippen LogP contribution in [0.25, 0.3) is 0 Å². The van der Waals surface area contributed by atoms with Crippen LogP contribution in [-0.4, -0.2) is 45.1 Å². The van der Waals surface area contributed by atoms with E-state index in [0.29, 0.717) is 41.1 Å². The van der Waals surface area contributed by atoms with Gasteiger partial charge in [0.2, 0.25) is 0 Å². The molecule has 142 valence electrons. The Morgan fingerprint density at radius 1 is 1.23 bits per heavy atom. The van der Waals surface area contributed by atoms with E-state index in [1.807, 2.05) is 13.0 Å². The van der Waals surface area contributed by atoms with Gasteiger partial charge >= 0.3 is 5.97 Å². The number of thiocarbonyl (C=S) groups is 1. The van der Waals surface area contributed by atoms with E-state index >= 15 is 0 Å². The Hall–Kier alpha value is -2.32. The van der Waals surface area contributed by atoms with E-state index in [4.69, 9.17) is 31.2 Å². The average Bonchev–Trinajstić information content (AvgIpc) is 2.63. The number of nitrogens with one attached hydrogen (secondary N) is 2. The van der Waals surface area contributed by atoms with E-state index in [2.05, 4.69) is 10.6 Å². The second-order valence-electron chi connectivity index (χ2n) is 5.51. The molecule has 0 saturated carbocycles. The highest BCUT2D eigenvalue weighted by Crippen LogP contribution is 2.35. The van der Waals surface area contributed by atoms with Crippen LogP contribution >= 0.6 is 12.2 Å². The molecule has 0 aromatic heterocycles. The second kappa shape index (κ2) is 9.40. The minimum Gasteiger partial charge on any atom is -0.497 e. The minimum atomic E-state index is -0.496. The number of hydrogen-bond acceptors (Lipinski definition) is 6. The van der Waals surface area contributed by atoms with Crippen molar-refractivity contribution in [2.75, 3.05) is 34.0 Å². The van der Waals surface area contributed by atoms with Crippen molar-refractivity contribution in [3.8, 4) is 11.5 Å². The van der Waals surface area contributed by atoms with E-state index in [1.165, 1.54) is 0 Å². The molecule has 2 N–H and O–H groups in total. The van der Waals surface area contributed by atoms with Crippen molar-refractivity contribution in [3.63, 3.8) is 0 Å². The van der Waals surface area contributed by atoms with Crippen LogP contribution in [0.4, 0.5) is 0 Å². The van der Waals surface area contributed by atoms with Crippen molar-refractivity contribution in [1.29, 1.82) is 0 Å². The zero-order valence-electron chi connectivity index (χ0n) is 15.4. The van der Waals surface area contributed by atoms with Crippen molar-refractivity contribution in [3.05, 3.63) is 35.0 Å². The van der Waals surface area contributed by atoms with Gasteiger partial charge in [0.05, 0.1) is 32.4 Å². The first-order valence-electron chi connectivity index (χ1n) is 8.26. The molecular formula is C18H24N2O5S. The standard InChI is InChI=1S/C18H24N2O5S/c1-5-24-8-9-25-17(21)15-11(2)19-18(26)20-16(15)13-7-6-12(22-3)10-14(13)23-4/h6-7,10,16H,5,8-9H2,1-4H3,(H2,19,20,26)/t16-/m0/s1. The van der Waals surface area contributed by atoms with Gasteiger partial charge in [-0.1, -0.05) is 0 Å². The Bertz CT molecular complexity index is 705. The van der Waals surface area contributed by atoms with Gasteiger partial charge in [-0.2, -0.15) is 0 Å². The fraction of sp³-hybridized carbons (Fsp3) is 0.444. The molecule has 26 heavy (non-hydrogen) atoms. The fourth-order valence-corrected chi connectivity index (χ4v) is 2.94. The Balaban J connectivity index is 2.33. The molecule has 1 aromatic rings. The maximum Gasteiger partial charge on any atom is 0.338 e. The van der Waals surface area contributed by atoms with Crippen molar-refractivity contribution in [2.45, 2.75) is 19.9 Å². The van der Waals surface area contributed by atoms with Crippen LogP contribution in [0.15, 0.2) is 29.5 Å². The zero-order chi connectivity index (χ0) is 19.1. The first kappa shape index (κ1) is 20.0. The average molecular weight is 380 g/mol. The van der Waals surface area contributed by atoms with Gasteiger partial charge in [-0.15, -0.1) is 0 Å². The van der Waals surface area contributed by atoms with Crippen molar-refractivity contribution in [2.24, 2.45) is 0 Å². The quantitative estimate of drug-likeness (QED) is 0.403. The number of ether oxygens (including phenoxy) is 4. The largest absolute Gasteiger partial charge is 0.497 e. The zero-order valence-corrected chi connectivity index (χ0v) is 16.2. The summed E-state index contributed by atoms with van der Waals surface area (Å²) in [6.45, 7) is 4.78. The van der Waals surface area contributed by atoms with Crippen LogP contribution in [0, 0.1) is 0 Å². The number of carbonyl (C=O) groups excluding carboxylic acids is 1. The summed E-state index contributed by atoms with van der Waals surface area (Å²) < 4.78 is 21.3. The summed E-state index contributed by atoms with van der Waals surface area (Å²) in [5, 5.41) is 6.52. The van der Waals surface area contributed by atoms with Crippen molar-refractivity contribution in [1.82, 2.24) is 10.6 Å². The minimum absolute atomic E-state index is 0.181. The summed E-state index contributed by atoms with van der Waals surface area (Å²) in [5.41, 5.74) is 1.84. The first-order chi connectivity index (χ1) is 12.5. The van der Waals surface area contributed by atoms with Crippen LogP contribution in [0.3, 0.4) is 0 Å². The summed E-state index contributed by atoms with van der Waals surface area (Å²) >= 11 is 5.26. The smallest absolute Gasteiger partial charge is 0.338 e. The predicted octanol–water partition coefficient (Wildman–Crippen LogP) is 2.08. The predicted molar refractivity (Wildman–Crippen MR) is 101 cm³/mol. The Morgan fingerprint density at radius 2 is 2.00 bits per heavy atom. The van der Waals surface area contributed by atoms with E-state index in [-0.39, 0.29) is 6.61 Å². The van der Waals surface area contributed by atoms with Crippen LogP contribution in [-0.2, 0) is 14.3 Å². The Morgan fingerprint density at radius 3 is 2.65 bits per heavy atom. The SMILES string of the molecule is CCOCCOC(=O)C1=C(C)NC(=S)N[C@H]1c1ccc(OC)cc1OC. The number of rotatable bonds is 8. The molecule has 0 saturated heterocycles. The third kappa shape index (κ3) is 4.64. The molecule has 0 spiro atoms. The molecule has 0 amide bonds.